The molecule has 0 saturated carbocycles. The van der Waals surface area contributed by atoms with Gasteiger partial charge in [-0.2, -0.15) is 16.8 Å². The lowest BCUT2D eigenvalue weighted by Gasteiger charge is -2.21. The van der Waals surface area contributed by atoms with E-state index < -0.39 is 30.0 Å². The van der Waals surface area contributed by atoms with Crippen LogP contribution in [0.2, 0.25) is 0 Å². The number of hydrogen-bond acceptors (Lipinski definition) is 7. The lowest BCUT2D eigenvalue weighted by Crippen LogP contribution is -2.27. The monoisotopic (exact) mass is 555 g/mol. The third-order valence-corrected chi connectivity index (χ3v) is 7.38. The minimum absolute atomic E-state index is 0.0878. The van der Waals surface area contributed by atoms with Crippen molar-refractivity contribution in [1.29, 1.82) is 0 Å². The van der Waals surface area contributed by atoms with E-state index in [1.54, 1.807) is 0 Å². The average molecular weight is 556 g/mol. The SMILES string of the molecule is CCCCN(CCCC)CCCC.Nc1ccc(C=Cc2ccc(N)cc2S(=O)(=O)O)c(S(=O)(=O)O)c1. The normalized spacial score (nSPS) is 12.1. The largest absolute Gasteiger partial charge is 0.399 e. The van der Waals surface area contributed by atoms with E-state index in [2.05, 4.69) is 25.7 Å². The van der Waals surface area contributed by atoms with Crippen molar-refractivity contribution in [2.24, 2.45) is 0 Å². The van der Waals surface area contributed by atoms with E-state index in [4.69, 9.17) is 11.5 Å². The summed E-state index contributed by atoms with van der Waals surface area (Å²) in [5.41, 5.74) is 11.4. The molecule has 9 nitrogen and oxygen atoms in total. The van der Waals surface area contributed by atoms with Gasteiger partial charge in [0.1, 0.15) is 9.79 Å². The minimum atomic E-state index is -4.52. The topological polar surface area (TPSA) is 164 Å². The summed E-state index contributed by atoms with van der Waals surface area (Å²) in [5.74, 6) is 0. The maximum atomic E-state index is 11.4. The highest BCUT2D eigenvalue weighted by Crippen LogP contribution is 2.24. The lowest BCUT2D eigenvalue weighted by atomic mass is 10.1. The number of nitrogens with two attached hydrogens (primary N) is 2. The number of unbranched alkanes of at least 4 members (excludes halogenated alkanes) is 3. The summed E-state index contributed by atoms with van der Waals surface area (Å²) in [6.45, 7) is 10.8. The quantitative estimate of drug-likeness (QED) is 0.148. The van der Waals surface area contributed by atoms with Crippen LogP contribution in [0, 0.1) is 0 Å². The number of rotatable bonds is 13. The molecule has 0 unspecified atom stereocenters. The van der Waals surface area contributed by atoms with Crippen molar-refractivity contribution in [3.63, 3.8) is 0 Å². The van der Waals surface area contributed by atoms with Gasteiger partial charge in [-0.15, -0.1) is 0 Å². The third-order valence-electron chi connectivity index (χ3n) is 5.56. The van der Waals surface area contributed by atoms with Crippen molar-refractivity contribution >= 4 is 43.8 Å². The first-order valence-corrected chi connectivity index (χ1v) is 15.4. The van der Waals surface area contributed by atoms with Crippen molar-refractivity contribution in [3.8, 4) is 0 Å². The second kappa shape index (κ2) is 15.7. The number of anilines is 2. The van der Waals surface area contributed by atoms with Gasteiger partial charge in [0.25, 0.3) is 20.2 Å². The summed E-state index contributed by atoms with van der Waals surface area (Å²) >= 11 is 0. The van der Waals surface area contributed by atoms with Crippen molar-refractivity contribution in [3.05, 3.63) is 47.5 Å². The van der Waals surface area contributed by atoms with Crippen LogP contribution in [0.5, 0.6) is 0 Å². The van der Waals surface area contributed by atoms with Gasteiger partial charge in [-0.25, -0.2) is 0 Å². The molecule has 6 N–H and O–H groups in total. The van der Waals surface area contributed by atoms with Gasteiger partial charge in [-0.1, -0.05) is 64.3 Å². The van der Waals surface area contributed by atoms with Crippen LogP contribution in [0.25, 0.3) is 12.2 Å². The molecule has 2 aromatic carbocycles. The molecular formula is C26H41N3O6S2. The molecule has 0 aliphatic heterocycles. The third kappa shape index (κ3) is 12.1. The highest BCUT2D eigenvalue weighted by Gasteiger charge is 2.16. The minimum Gasteiger partial charge on any atom is -0.399 e. The first kappa shape index (κ1) is 32.6. The Morgan fingerprint density at radius 1 is 0.676 bits per heavy atom. The zero-order valence-electron chi connectivity index (χ0n) is 21.9. The molecule has 2 rings (SSSR count). The Kier molecular flexibility index (Phi) is 13.9. The second-order valence-corrected chi connectivity index (χ2v) is 11.6. The fraction of sp³-hybridized carbons (Fsp3) is 0.462. The highest BCUT2D eigenvalue weighted by atomic mass is 32.2. The molecule has 0 heterocycles. The smallest absolute Gasteiger partial charge is 0.295 e. The molecule has 0 aromatic heterocycles. The van der Waals surface area contributed by atoms with Crippen molar-refractivity contribution in [1.82, 2.24) is 4.90 Å². The molecule has 208 valence electrons. The molecule has 37 heavy (non-hydrogen) atoms. The van der Waals surface area contributed by atoms with E-state index in [-0.39, 0.29) is 22.5 Å². The first-order valence-electron chi connectivity index (χ1n) is 12.5. The molecule has 0 radical (unpaired) electrons. The molecule has 0 aliphatic rings. The summed E-state index contributed by atoms with van der Waals surface area (Å²) in [5, 5.41) is 0. The molecule has 0 saturated heterocycles. The van der Waals surface area contributed by atoms with Crippen LogP contribution < -0.4 is 11.5 Å². The number of nitrogens with zero attached hydrogens (tertiary/aromatic N) is 1. The zero-order valence-corrected chi connectivity index (χ0v) is 23.6. The van der Waals surface area contributed by atoms with E-state index in [9.17, 15) is 25.9 Å². The van der Waals surface area contributed by atoms with Crippen molar-refractivity contribution < 1.29 is 25.9 Å². The molecule has 0 amide bonds. The van der Waals surface area contributed by atoms with Gasteiger partial charge in [0.05, 0.1) is 0 Å². The molecule has 2 aromatic rings. The van der Waals surface area contributed by atoms with Gasteiger partial charge in [0.2, 0.25) is 0 Å². The van der Waals surface area contributed by atoms with Crippen molar-refractivity contribution in [2.45, 2.75) is 69.1 Å². The summed E-state index contributed by atoms with van der Waals surface area (Å²) < 4.78 is 64.1. The van der Waals surface area contributed by atoms with Gasteiger partial charge >= 0.3 is 0 Å². The Labute approximate surface area is 222 Å². The standard InChI is InChI=1S/C14H14N2O6S2.C12H27N/c15-11-5-3-9(13(7-11)23(17,18)19)1-2-10-4-6-12(16)8-14(10)24(20,21)22;1-4-7-10-13(11-8-5-2)12-9-6-3/h1-8H,15-16H2,(H,17,18,19)(H,20,21,22);4-12H2,1-3H3. The first-order chi connectivity index (χ1) is 17.3. The Morgan fingerprint density at radius 3 is 1.27 bits per heavy atom. The molecule has 0 spiro atoms. The van der Waals surface area contributed by atoms with E-state index in [1.807, 2.05) is 0 Å². The van der Waals surface area contributed by atoms with Gasteiger partial charge in [0, 0.05) is 11.4 Å². The fourth-order valence-corrected chi connectivity index (χ4v) is 4.92. The molecule has 0 fully saturated rings. The predicted octanol–water partition coefficient (Wildman–Crippen LogP) is 5.20. The summed E-state index contributed by atoms with van der Waals surface area (Å²) in [4.78, 5) is 1.78. The van der Waals surface area contributed by atoms with Gasteiger partial charge in [-0.3, -0.25) is 9.11 Å². The van der Waals surface area contributed by atoms with Crippen LogP contribution in [0.15, 0.2) is 46.2 Å². The van der Waals surface area contributed by atoms with Crippen LogP contribution >= 0.6 is 0 Å². The Bertz CT molecular complexity index is 1130. The van der Waals surface area contributed by atoms with Crippen molar-refractivity contribution in [2.75, 3.05) is 31.1 Å². The van der Waals surface area contributed by atoms with Gasteiger partial charge in [-0.05, 0) is 74.3 Å². The van der Waals surface area contributed by atoms with Crippen LogP contribution in [0.3, 0.4) is 0 Å². The lowest BCUT2D eigenvalue weighted by molar-refractivity contribution is 0.261. The fourth-order valence-electron chi connectivity index (χ4n) is 3.48. The maximum absolute atomic E-state index is 11.4. The van der Waals surface area contributed by atoms with E-state index in [1.165, 1.54) is 94.6 Å². The number of hydrogen-bond donors (Lipinski definition) is 4. The van der Waals surface area contributed by atoms with E-state index >= 15 is 0 Å². The summed E-state index contributed by atoms with van der Waals surface area (Å²) in [6, 6.07) is 7.67. The maximum Gasteiger partial charge on any atom is 0.295 e. The van der Waals surface area contributed by atoms with Crippen LogP contribution in [-0.4, -0.2) is 50.5 Å². The molecule has 0 bridgehead atoms. The Morgan fingerprint density at radius 2 is 1.00 bits per heavy atom. The number of benzene rings is 2. The van der Waals surface area contributed by atoms with Gasteiger partial charge < -0.3 is 16.4 Å². The molecule has 0 atom stereocenters. The van der Waals surface area contributed by atoms with Gasteiger partial charge in [0.15, 0.2) is 0 Å². The van der Waals surface area contributed by atoms with Crippen LogP contribution in [0.1, 0.15) is 70.4 Å². The van der Waals surface area contributed by atoms with E-state index in [0.717, 1.165) is 12.1 Å². The number of nitrogen functional groups attached to an aromatic ring is 2. The van der Waals surface area contributed by atoms with E-state index in [0.29, 0.717) is 0 Å². The molecule has 11 heteroatoms. The highest BCUT2D eigenvalue weighted by molar-refractivity contribution is 7.86. The second-order valence-electron chi connectivity index (χ2n) is 8.78. The zero-order chi connectivity index (χ0) is 28.1. The predicted molar refractivity (Wildman–Crippen MR) is 151 cm³/mol. The molecular weight excluding hydrogens is 514 g/mol. The van der Waals surface area contributed by atoms with Crippen LogP contribution in [-0.2, 0) is 20.2 Å². The van der Waals surface area contributed by atoms with Crippen LogP contribution in [0.4, 0.5) is 11.4 Å². The Balaban J connectivity index is 0.000000448. The summed E-state index contributed by atoms with van der Waals surface area (Å²) in [6.07, 6.45) is 10.6. The average Bonchev–Trinajstić information content (AvgIpc) is 2.82. The Hall–Kier alpha value is -2.44. The molecule has 0 aliphatic carbocycles. The summed E-state index contributed by atoms with van der Waals surface area (Å²) in [7, 11) is -9.05.